The van der Waals surface area contributed by atoms with Crippen LogP contribution < -0.4 is 0 Å². The molecule has 146 valence electrons. The number of halogens is 1. The van der Waals surface area contributed by atoms with Gasteiger partial charge >= 0.3 is 0 Å². The number of benzene rings is 1. The lowest BCUT2D eigenvalue weighted by molar-refractivity contribution is -0.207. The van der Waals surface area contributed by atoms with E-state index in [1.807, 2.05) is 25.1 Å². The van der Waals surface area contributed by atoms with Crippen molar-refractivity contribution in [2.24, 2.45) is 5.92 Å². The van der Waals surface area contributed by atoms with Crippen LogP contribution in [-0.4, -0.2) is 50.4 Å². The number of ether oxygens (including phenoxy) is 1. The summed E-state index contributed by atoms with van der Waals surface area (Å²) < 4.78 is 5.86. The van der Waals surface area contributed by atoms with Gasteiger partial charge in [0.1, 0.15) is 12.2 Å². The summed E-state index contributed by atoms with van der Waals surface area (Å²) in [6.07, 6.45) is -2.02. The molecule has 1 saturated heterocycles. The molecule has 1 fully saturated rings. The van der Waals surface area contributed by atoms with Gasteiger partial charge in [-0.05, 0) is 35.7 Å². The third-order valence-corrected chi connectivity index (χ3v) is 5.56. The minimum absolute atomic E-state index is 0.221. The highest BCUT2D eigenvalue weighted by atomic mass is 35.5. The molecule has 0 bridgehead atoms. The SMILES string of the molecule is CCc1ccc(Cc2cc([C@@H]3O[C@H](CO)[C@@H](C)[C@H](O)[C@H]3O)ccc2Cl)nn1. The fourth-order valence-corrected chi connectivity index (χ4v) is 3.54. The summed E-state index contributed by atoms with van der Waals surface area (Å²) in [6.45, 7) is 3.55. The molecule has 5 atom stereocenters. The molecule has 0 spiro atoms. The zero-order chi connectivity index (χ0) is 19.6. The van der Waals surface area contributed by atoms with Crippen LogP contribution in [0, 0.1) is 5.92 Å². The number of aryl methyl sites for hydroxylation is 1. The molecule has 0 unspecified atom stereocenters. The quantitative estimate of drug-likeness (QED) is 0.721. The predicted octanol–water partition coefficient (Wildman–Crippen LogP) is 2.07. The molecule has 1 aliphatic heterocycles. The average molecular weight is 393 g/mol. The highest BCUT2D eigenvalue weighted by molar-refractivity contribution is 6.31. The molecule has 3 N–H and O–H groups in total. The average Bonchev–Trinajstić information content (AvgIpc) is 2.69. The highest BCUT2D eigenvalue weighted by Gasteiger charge is 2.42. The van der Waals surface area contributed by atoms with E-state index in [2.05, 4.69) is 10.2 Å². The van der Waals surface area contributed by atoms with Crippen molar-refractivity contribution in [3.8, 4) is 0 Å². The van der Waals surface area contributed by atoms with Crippen LogP contribution in [-0.2, 0) is 17.6 Å². The number of hydrogen-bond acceptors (Lipinski definition) is 6. The predicted molar refractivity (Wildman–Crippen MR) is 102 cm³/mol. The van der Waals surface area contributed by atoms with Gasteiger partial charge in [0.2, 0.25) is 0 Å². The summed E-state index contributed by atoms with van der Waals surface area (Å²) in [4.78, 5) is 0. The Hall–Kier alpha value is -1.57. The van der Waals surface area contributed by atoms with Crippen LogP contribution in [0.15, 0.2) is 30.3 Å². The minimum Gasteiger partial charge on any atom is -0.394 e. The molecule has 6 nitrogen and oxygen atoms in total. The Balaban J connectivity index is 1.85. The molecule has 0 saturated carbocycles. The summed E-state index contributed by atoms with van der Waals surface area (Å²) >= 11 is 6.35. The van der Waals surface area contributed by atoms with E-state index in [-0.39, 0.29) is 12.5 Å². The van der Waals surface area contributed by atoms with Gasteiger partial charge in [-0.1, -0.05) is 37.6 Å². The van der Waals surface area contributed by atoms with Gasteiger partial charge in [-0.3, -0.25) is 0 Å². The van der Waals surface area contributed by atoms with Crippen molar-refractivity contribution in [1.82, 2.24) is 10.2 Å². The number of aliphatic hydroxyl groups excluding tert-OH is 3. The molecule has 3 rings (SSSR count). The van der Waals surface area contributed by atoms with Crippen molar-refractivity contribution in [1.29, 1.82) is 0 Å². The van der Waals surface area contributed by atoms with Crippen LogP contribution in [0.5, 0.6) is 0 Å². The smallest absolute Gasteiger partial charge is 0.111 e. The highest BCUT2D eigenvalue weighted by Crippen LogP contribution is 2.36. The number of nitrogens with zero attached hydrogens (tertiary/aromatic N) is 2. The van der Waals surface area contributed by atoms with Gasteiger partial charge in [-0.15, -0.1) is 0 Å². The lowest BCUT2D eigenvalue weighted by atomic mass is 9.85. The Morgan fingerprint density at radius 1 is 1.07 bits per heavy atom. The van der Waals surface area contributed by atoms with Gasteiger partial charge < -0.3 is 20.1 Å². The first-order valence-electron chi connectivity index (χ1n) is 9.16. The summed E-state index contributed by atoms with van der Waals surface area (Å²) in [5.74, 6) is -0.361. The van der Waals surface area contributed by atoms with Gasteiger partial charge in [0, 0.05) is 17.4 Å². The lowest BCUT2D eigenvalue weighted by Gasteiger charge is -2.41. The van der Waals surface area contributed by atoms with E-state index in [4.69, 9.17) is 16.3 Å². The molecule has 0 aliphatic carbocycles. The van der Waals surface area contributed by atoms with Crippen molar-refractivity contribution in [2.45, 2.75) is 51.1 Å². The summed E-state index contributed by atoms with van der Waals surface area (Å²) in [6, 6.07) is 9.23. The van der Waals surface area contributed by atoms with Crippen LogP contribution >= 0.6 is 11.6 Å². The second-order valence-corrected chi connectivity index (χ2v) is 7.42. The van der Waals surface area contributed by atoms with Crippen molar-refractivity contribution in [3.63, 3.8) is 0 Å². The van der Waals surface area contributed by atoms with Crippen molar-refractivity contribution >= 4 is 11.6 Å². The molecule has 1 aromatic heterocycles. The molecule has 0 radical (unpaired) electrons. The maximum Gasteiger partial charge on any atom is 0.111 e. The lowest BCUT2D eigenvalue weighted by Crippen LogP contribution is -2.50. The largest absolute Gasteiger partial charge is 0.394 e. The van der Waals surface area contributed by atoms with E-state index in [0.717, 1.165) is 23.4 Å². The van der Waals surface area contributed by atoms with E-state index >= 15 is 0 Å². The second-order valence-electron chi connectivity index (χ2n) is 7.02. The fourth-order valence-electron chi connectivity index (χ4n) is 3.36. The molecular weight excluding hydrogens is 368 g/mol. The number of hydrogen-bond donors (Lipinski definition) is 3. The maximum atomic E-state index is 10.5. The number of aliphatic hydroxyl groups is 3. The van der Waals surface area contributed by atoms with Crippen LogP contribution in [0.1, 0.15) is 42.5 Å². The Kier molecular flexibility index (Phi) is 6.44. The molecule has 2 heterocycles. The van der Waals surface area contributed by atoms with Gasteiger partial charge in [-0.25, -0.2) is 0 Å². The maximum absolute atomic E-state index is 10.5. The van der Waals surface area contributed by atoms with E-state index in [1.54, 1.807) is 19.1 Å². The van der Waals surface area contributed by atoms with Gasteiger partial charge in [-0.2, -0.15) is 10.2 Å². The Morgan fingerprint density at radius 3 is 2.41 bits per heavy atom. The van der Waals surface area contributed by atoms with E-state index in [1.165, 1.54) is 0 Å². The summed E-state index contributed by atoms with van der Waals surface area (Å²) in [7, 11) is 0. The monoisotopic (exact) mass is 392 g/mol. The van der Waals surface area contributed by atoms with Crippen molar-refractivity contribution in [3.05, 3.63) is 57.9 Å². The topological polar surface area (TPSA) is 95.7 Å². The fraction of sp³-hybridized carbons (Fsp3) is 0.500. The molecule has 0 amide bonds. The van der Waals surface area contributed by atoms with Gasteiger partial charge in [0.05, 0.1) is 30.2 Å². The normalized spacial score (nSPS) is 28.3. The van der Waals surface area contributed by atoms with E-state index in [9.17, 15) is 15.3 Å². The van der Waals surface area contributed by atoms with Crippen LogP contribution in [0.2, 0.25) is 5.02 Å². The first kappa shape index (κ1) is 20.2. The third-order valence-electron chi connectivity index (χ3n) is 5.19. The molecule has 27 heavy (non-hydrogen) atoms. The zero-order valence-corrected chi connectivity index (χ0v) is 16.2. The van der Waals surface area contributed by atoms with Crippen molar-refractivity contribution in [2.75, 3.05) is 6.61 Å². The summed E-state index contributed by atoms with van der Waals surface area (Å²) in [5.41, 5.74) is 3.25. The molecule has 1 aliphatic rings. The standard InChI is InChI=1S/C20H25ClN2O4/c1-3-14-5-6-15(23-22-14)9-13-8-12(4-7-16(13)21)20-19(26)18(25)11(2)17(10-24)27-20/h4-8,11,17-20,24-26H,3,9-10H2,1-2H3/t11-,17-,18+,19-,20+/m1/s1. The van der Waals surface area contributed by atoms with Crippen LogP contribution in [0.25, 0.3) is 0 Å². The Labute approximate surface area is 163 Å². The number of rotatable bonds is 5. The Bertz CT molecular complexity index is 769. The molecule has 2 aromatic rings. The first-order valence-corrected chi connectivity index (χ1v) is 9.54. The minimum atomic E-state index is -1.08. The molecule has 1 aromatic carbocycles. The first-order chi connectivity index (χ1) is 12.9. The number of aromatic nitrogens is 2. The molecule has 7 heteroatoms. The third kappa shape index (κ3) is 4.31. The van der Waals surface area contributed by atoms with Crippen LogP contribution in [0.3, 0.4) is 0 Å². The van der Waals surface area contributed by atoms with E-state index < -0.39 is 24.4 Å². The van der Waals surface area contributed by atoms with Gasteiger partial charge in [0.25, 0.3) is 0 Å². The van der Waals surface area contributed by atoms with Crippen molar-refractivity contribution < 1.29 is 20.1 Å². The van der Waals surface area contributed by atoms with E-state index in [0.29, 0.717) is 17.0 Å². The molecular formula is C20H25ClN2O4. The summed E-state index contributed by atoms with van der Waals surface area (Å²) in [5, 5.41) is 39.3. The Morgan fingerprint density at radius 2 is 1.78 bits per heavy atom. The van der Waals surface area contributed by atoms with Gasteiger partial charge in [0.15, 0.2) is 0 Å². The van der Waals surface area contributed by atoms with Crippen LogP contribution in [0.4, 0.5) is 0 Å². The zero-order valence-electron chi connectivity index (χ0n) is 15.4. The second kappa shape index (κ2) is 8.63.